The van der Waals surface area contributed by atoms with E-state index >= 15 is 0 Å². The number of rotatable bonds is 1. The lowest BCUT2D eigenvalue weighted by molar-refractivity contribution is -0.0670. The molecule has 2 heterocycles. The summed E-state index contributed by atoms with van der Waals surface area (Å²) in [5.41, 5.74) is 0.759. The maximum Gasteiger partial charge on any atom is 0.184 e. The highest BCUT2D eigenvalue weighted by atomic mass is 19.1. The second kappa shape index (κ2) is 4.13. The maximum atomic E-state index is 13.1. The highest BCUT2D eigenvalue weighted by Crippen LogP contribution is 2.33. The number of fused-ring (bicyclic) bond motifs is 1. The first-order valence-corrected chi connectivity index (χ1v) is 5.60. The van der Waals surface area contributed by atoms with Gasteiger partial charge in [0.25, 0.3) is 0 Å². The molecule has 0 aromatic heterocycles. The quantitative estimate of drug-likeness (QED) is 0.784. The van der Waals surface area contributed by atoms with Gasteiger partial charge in [-0.2, -0.15) is 0 Å². The molecule has 3 nitrogen and oxygen atoms in total. The standard InChI is InChI=1S/C12H14FNO2/c13-9-3-1-2-8(6-9)12-15-10-4-5-14-7-11(10)16-12/h1-3,6,10-12,14H,4-5,7H2. The van der Waals surface area contributed by atoms with Crippen LogP contribution >= 0.6 is 0 Å². The van der Waals surface area contributed by atoms with Gasteiger partial charge in [0.05, 0.1) is 12.2 Å². The van der Waals surface area contributed by atoms with Crippen LogP contribution in [0, 0.1) is 5.82 Å². The largest absolute Gasteiger partial charge is 0.342 e. The molecule has 0 bridgehead atoms. The lowest BCUT2D eigenvalue weighted by Crippen LogP contribution is -2.41. The molecule has 1 aromatic carbocycles. The van der Waals surface area contributed by atoms with Crippen molar-refractivity contribution in [1.29, 1.82) is 0 Å². The van der Waals surface area contributed by atoms with E-state index in [-0.39, 0.29) is 18.0 Å². The van der Waals surface area contributed by atoms with Crippen molar-refractivity contribution in [2.24, 2.45) is 0 Å². The van der Waals surface area contributed by atoms with E-state index in [9.17, 15) is 4.39 Å². The Morgan fingerprint density at radius 3 is 2.94 bits per heavy atom. The summed E-state index contributed by atoms with van der Waals surface area (Å²) < 4.78 is 24.6. The van der Waals surface area contributed by atoms with Gasteiger partial charge in [-0.3, -0.25) is 0 Å². The fourth-order valence-corrected chi connectivity index (χ4v) is 2.26. The van der Waals surface area contributed by atoms with Crippen LogP contribution in [0.1, 0.15) is 18.3 Å². The van der Waals surface area contributed by atoms with Crippen molar-refractivity contribution in [2.45, 2.75) is 24.9 Å². The Morgan fingerprint density at radius 2 is 2.12 bits per heavy atom. The summed E-state index contributed by atoms with van der Waals surface area (Å²) in [6, 6.07) is 6.40. The van der Waals surface area contributed by atoms with Gasteiger partial charge in [-0.05, 0) is 25.1 Å². The first-order valence-electron chi connectivity index (χ1n) is 5.60. The molecule has 0 saturated carbocycles. The van der Waals surface area contributed by atoms with Gasteiger partial charge in [-0.1, -0.05) is 12.1 Å². The number of ether oxygens (including phenoxy) is 2. The first kappa shape index (κ1) is 10.2. The Morgan fingerprint density at radius 1 is 1.25 bits per heavy atom. The molecule has 0 aliphatic carbocycles. The summed E-state index contributed by atoms with van der Waals surface area (Å²) >= 11 is 0. The normalized spacial score (nSPS) is 33.7. The predicted octanol–water partition coefficient (Wildman–Crippen LogP) is 1.60. The number of nitrogens with one attached hydrogen (secondary N) is 1. The fraction of sp³-hybridized carbons (Fsp3) is 0.500. The predicted molar refractivity (Wildman–Crippen MR) is 56.4 cm³/mol. The van der Waals surface area contributed by atoms with E-state index in [2.05, 4.69) is 5.32 Å². The topological polar surface area (TPSA) is 30.5 Å². The number of piperidine rings is 1. The minimum absolute atomic E-state index is 0.0991. The molecule has 16 heavy (non-hydrogen) atoms. The number of halogens is 1. The van der Waals surface area contributed by atoms with E-state index in [0.29, 0.717) is 0 Å². The molecule has 1 aromatic rings. The third-order valence-electron chi connectivity index (χ3n) is 3.08. The van der Waals surface area contributed by atoms with Crippen LogP contribution in [0.3, 0.4) is 0 Å². The molecule has 3 atom stereocenters. The number of hydrogen-bond acceptors (Lipinski definition) is 3. The van der Waals surface area contributed by atoms with Gasteiger partial charge in [-0.15, -0.1) is 0 Å². The Hall–Kier alpha value is -0.970. The summed E-state index contributed by atoms with van der Waals surface area (Å²) in [4.78, 5) is 0. The van der Waals surface area contributed by atoms with E-state index in [1.807, 2.05) is 6.07 Å². The van der Waals surface area contributed by atoms with Crippen LogP contribution in [0.4, 0.5) is 4.39 Å². The third-order valence-corrected chi connectivity index (χ3v) is 3.08. The molecule has 0 spiro atoms. The van der Waals surface area contributed by atoms with Crippen LogP contribution in [-0.2, 0) is 9.47 Å². The molecule has 3 unspecified atom stereocenters. The van der Waals surface area contributed by atoms with Crippen molar-refractivity contribution < 1.29 is 13.9 Å². The molecule has 2 saturated heterocycles. The third kappa shape index (κ3) is 1.84. The van der Waals surface area contributed by atoms with Crippen molar-refractivity contribution in [3.63, 3.8) is 0 Å². The fourth-order valence-electron chi connectivity index (χ4n) is 2.26. The van der Waals surface area contributed by atoms with Gasteiger partial charge >= 0.3 is 0 Å². The van der Waals surface area contributed by atoms with Crippen LogP contribution in [0.2, 0.25) is 0 Å². The molecular weight excluding hydrogens is 209 g/mol. The van der Waals surface area contributed by atoms with Crippen LogP contribution in [0.25, 0.3) is 0 Å². The highest BCUT2D eigenvalue weighted by Gasteiger charge is 2.38. The van der Waals surface area contributed by atoms with E-state index in [0.717, 1.165) is 25.1 Å². The molecule has 2 fully saturated rings. The van der Waals surface area contributed by atoms with Gasteiger partial charge < -0.3 is 14.8 Å². The van der Waals surface area contributed by atoms with Crippen LogP contribution < -0.4 is 5.32 Å². The van der Waals surface area contributed by atoms with Gasteiger partial charge in [0.1, 0.15) is 5.82 Å². The second-order valence-corrected chi connectivity index (χ2v) is 4.23. The first-order chi connectivity index (χ1) is 7.83. The van der Waals surface area contributed by atoms with Crippen LogP contribution in [-0.4, -0.2) is 25.3 Å². The van der Waals surface area contributed by atoms with Crippen LogP contribution in [0.15, 0.2) is 24.3 Å². The highest BCUT2D eigenvalue weighted by molar-refractivity contribution is 5.18. The van der Waals surface area contributed by atoms with Crippen molar-refractivity contribution >= 4 is 0 Å². The van der Waals surface area contributed by atoms with E-state index in [4.69, 9.17) is 9.47 Å². The molecule has 0 radical (unpaired) electrons. The smallest absolute Gasteiger partial charge is 0.184 e. The lowest BCUT2D eigenvalue weighted by atomic mass is 10.1. The Balaban J connectivity index is 1.77. The van der Waals surface area contributed by atoms with Gasteiger partial charge in [0, 0.05) is 12.1 Å². The maximum absolute atomic E-state index is 13.1. The SMILES string of the molecule is Fc1cccc(C2OC3CCNCC3O2)c1. The lowest BCUT2D eigenvalue weighted by Gasteiger charge is -2.22. The average Bonchev–Trinajstić information content (AvgIpc) is 2.72. The molecule has 2 aliphatic heterocycles. The second-order valence-electron chi connectivity index (χ2n) is 4.23. The zero-order chi connectivity index (χ0) is 11.0. The van der Waals surface area contributed by atoms with Gasteiger partial charge in [0.2, 0.25) is 0 Å². The molecule has 4 heteroatoms. The zero-order valence-corrected chi connectivity index (χ0v) is 8.86. The van der Waals surface area contributed by atoms with E-state index < -0.39 is 6.29 Å². The average molecular weight is 223 g/mol. The Kier molecular flexibility index (Phi) is 2.63. The van der Waals surface area contributed by atoms with Crippen molar-refractivity contribution in [3.8, 4) is 0 Å². The summed E-state index contributed by atoms with van der Waals surface area (Å²) in [6.07, 6.45) is 0.790. The van der Waals surface area contributed by atoms with E-state index in [1.54, 1.807) is 6.07 Å². The summed E-state index contributed by atoms with van der Waals surface area (Å²) in [6.45, 7) is 1.77. The van der Waals surface area contributed by atoms with Gasteiger partial charge in [0.15, 0.2) is 6.29 Å². The van der Waals surface area contributed by atoms with Crippen molar-refractivity contribution in [1.82, 2.24) is 5.32 Å². The minimum Gasteiger partial charge on any atom is -0.342 e. The Bertz CT molecular complexity index is 371. The summed E-state index contributed by atoms with van der Waals surface area (Å²) in [7, 11) is 0. The molecule has 86 valence electrons. The minimum atomic E-state index is -0.411. The monoisotopic (exact) mass is 223 g/mol. The molecule has 3 rings (SSSR count). The summed E-state index contributed by atoms with van der Waals surface area (Å²) in [5, 5.41) is 3.26. The van der Waals surface area contributed by atoms with E-state index in [1.165, 1.54) is 12.1 Å². The zero-order valence-electron chi connectivity index (χ0n) is 8.86. The summed E-state index contributed by atoms with van der Waals surface area (Å²) in [5.74, 6) is -0.252. The molecule has 0 amide bonds. The number of hydrogen-bond donors (Lipinski definition) is 1. The van der Waals surface area contributed by atoms with Gasteiger partial charge in [-0.25, -0.2) is 4.39 Å². The molecular formula is C12H14FNO2. The van der Waals surface area contributed by atoms with Crippen molar-refractivity contribution in [2.75, 3.05) is 13.1 Å². The molecule has 1 N–H and O–H groups in total. The molecule has 2 aliphatic rings. The Labute approximate surface area is 93.6 Å². The van der Waals surface area contributed by atoms with Crippen LogP contribution in [0.5, 0.6) is 0 Å². The van der Waals surface area contributed by atoms with Crippen molar-refractivity contribution in [3.05, 3.63) is 35.6 Å². The number of benzene rings is 1.